The third-order valence-electron chi connectivity index (χ3n) is 4.49. The SMILES string of the molecule is [2H]c1ccccc1-c1ccc(Cn2c(C)nc3c2C(=O)CC(C)S3)cc1. The van der Waals surface area contributed by atoms with E-state index in [2.05, 4.69) is 24.0 Å². The van der Waals surface area contributed by atoms with Gasteiger partial charge < -0.3 is 4.57 Å². The average molecular weight is 349 g/mol. The van der Waals surface area contributed by atoms with E-state index in [-0.39, 0.29) is 5.78 Å². The van der Waals surface area contributed by atoms with E-state index >= 15 is 0 Å². The lowest BCUT2D eigenvalue weighted by molar-refractivity contribution is 0.0969. The van der Waals surface area contributed by atoms with E-state index in [1.54, 1.807) is 17.8 Å². The predicted octanol–water partition coefficient (Wildman–Crippen LogP) is 4.97. The number of imidazole rings is 1. The first-order chi connectivity index (χ1) is 12.5. The highest BCUT2D eigenvalue weighted by Crippen LogP contribution is 2.35. The van der Waals surface area contributed by atoms with E-state index in [9.17, 15) is 4.79 Å². The van der Waals surface area contributed by atoms with Crippen LogP contribution in [0.2, 0.25) is 0 Å². The highest BCUT2D eigenvalue weighted by atomic mass is 32.2. The predicted molar refractivity (Wildman–Crippen MR) is 102 cm³/mol. The molecule has 0 aliphatic carbocycles. The summed E-state index contributed by atoms with van der Waals surface area (Å²) in [6, 6.07) is 16.3. The van der Waals surface area contributed by atoms with Gasteiger partial charge in [-0.3, -0.25) is 4.79 Å². The summed E-state index contributed by atoms with van der Waals surface area (Å²) in [6.45, 7) is 4.67. The summed E-state index contributed by atoms with van der Waals surface area (Å²) in [5, 5.41) is 1.16. The lowest BCUT2D eigenvalue weighted by Gasteiger charge is -2.18. The number of hydrogen-bond acceptors (Lipinski definition) is 3. The lowest BCUT2D eigenvalue weighted by Crippen LogP contribution is -2.19. The van der Waals surface area contributed by atoms with Crippen LogP contribution in [-0.4, -0.2) is 20.6 Å². The number of ketones is 1. The molecule has 0 spiro atoms. The number of fused-ring (bicyclic) bond motifs is 1. The first-order valence-corrected chi connectivity index (χ1v) is 9.33. The minimum atomic E-state index is 0.187. The molecule has 0 radical (unpaired) electrons. The van der Waals surface area contributed by atoms with Crippen LogP contribution in [0.1, 0.15) is 36.6 Å². The van der Waals surface area contributed by atoms with Crippen molar-refractivity contribution in [3.63, 3.8) is 0 Å². The molecular formula is C21H20N2OS. The first kappa shape index (κ1) is 15.0. The summed E-state index contributed by atoms with van der Waals surface area (Å²) in [5.74, 6) is 1.07. The van der Waals surface area contributed by atoms with E-state index < -0.39 is 0 Å². The molecule has 4 heteroatoms. The van der Waals surface area contributed by atoms with Crippen LogP contribution in [0.3, 0.4) is 0 Å². The topological polar surface area (TPSA) is 34.9 Å². The van der Waals surface area contributed by atoms with Crippen molar-refractivity contribution < 1.29 is 6.17 Å². The van der Waals surface area contributed by atoms with E-state index in [0.717, 1.165) is 33.2 Å². The zero-order valence-electron chi connectivity index (χ0n) is 15.3. The quantitative estimate of drug-likeness (QED) is 0.669. The Kier molecular flexibility index (Phi) is 3.91. The highest BCUT2D eigenvalue weighted by molar-refractivity contribution is 8.00. The summed E-state index contributed by atoms with van der Waals surface area (Å²) in [6.07, 6.45) is 0.571. The maximum Gasteiger partial charge on any atom is 0.183 e. The van der Waals surface area contributed by atoms with Crippen molar-refractivity contribution in [2.45, 2.75) is 37.1 Å². The van der Waals surface area contributed by atoms with Crippen molar-refractivity contribution in [2.24, 2.45) is 0 Å². The van der Waals surface area contributed by atoms with Gasteiger partial charge in [-0.05, 0) is 23.6 Å². The molecular weight excluding hydrogens is 328 g/mol. The fourth-order valence-corrected chi connectivity index (χ4v) is 4.35. The summed E-state index contributed by atoms with van der Waals surface area (Å²) in [5.41, 5.74) is 3.84. The third-order valence-corrected chi connectivity index (χ3v) is 5.57. The molecule has 25 heavy (non-hydrogen) atoms. The van der Waals surface area contributed by atoms with Crippen LogP contribution >= 0.6 is 11.8 Å². The van der Waals surface area contributed by atoms with Gasteiger partial charge in [0.15, 0.2) is 5.78 Å². The third kappa shape index (κ3) is 3.14. The van der Waals surface area contributed by atoms with Gasteiger partial charge in [-0.15, -0.1) is 11.8 Å². The molecule has 0 fully saturated rings. The molecule has 0 bridgehead atoms. The van der Waals surface area contributed by atoms with Crippen molar-refractivity contribution in [3.8, 4) is 11.1 Å². The molecule has 1 aromatic heterocycles. The van der Waals surface area contributed by atoms with Crippen molar-refractivity contribution in [1.82, 2.24) is 9.55 Å². The molecule has 3 nitrogen and oxygen atoms in total. The Morgan fingerprint density at radius 3 is 2.76 bits per heavy atom. The lowest BCUT2D eigenvalue weighted by atomic mass is 10.0. The number of carbonyl (C=O) groups excluding carboxylic acids is 1. The minimum absolute atomic E-state index is 0.187. The molecule has 1 aliphatic rings. The molecule has 1 atom stereocenters. The van der Waals surface area contributed by atoms with Gasteiger partial charge in [0.2, 0.25) is 0 Å². The second-order valence-electron chi connectivity index (χ2n) is 6.43. The molecule has 0 N–H and O–H groups in total. The number of aryl methyl sites for hydroxylation is 1. The number of carbonyl (C=O) groups is 1. The minimum Gasteiger partial charge on any atom is -0.320 e. The first-order valence-electron chi connectivity index (χ1n) is 8.95. The van der Waals surface area contributed by atoms with E-state index in [1.807, 2.05) is 41.8 Å². The van der Waals surface area contributed by atoms with Crippen LogP contribution in [0.25, 0.3) is 11.1 Å². The van der Waals surface area contributed by atoms with Crippen LogP contribution in [0.15, 0.2) is 59.6 Å². The molecule has 2 heterocycles. The number of benzene rings is 2. The zero-order valence-corrected chi connectivity index (χ0v) is 15.1. The Bertz CT molecular complexity index is 978. The Labute approximate surface area is 153 Å². The molecule has 0 saturated carbocycles. The van der Waals surface area contributed by atoms with Gasteiger partial charge in [-0.1, -0.05) is 61.5 Å². The Morgan fingerprint density at radius 2 is 2.00 bits per heavy atom. The second-order valence-corrected chi connectivity index (χ2v) is 7.85. The molecule has 126 valence electrons. The maximum absolute atomic E-state index is 12.5. The number of rotatable bonds is 3. The summed E-state index contributed by atoms with van der Waals surface area (Å²) in [4.78, 5) is 17.1. The fourth-order valence-electron chi connectivity index (χ4n) is 3.22. The van der Waals surface area contributed by atoms with Crippen molar-refractivity contribution in [1.29, 1.82) is 0 Å². The van der Waals surface area contributed by atoms with Crippen LogP contribution in [-0.2, 0) is 6.54 Å². The number of hydrogen-bond donors (Lipinski definition) is 0. The normalized spacial score (nSPS) is 17.3. The number of thioether (sulfide) groups is 1. The molecule has 0 saturated heterocycles. The molecule has 1 aliphatic heterocycles. The molecule has 1 unspecified atom stereocenters. The molecule has 2 aromatic carbocycles. The second kappa shape index (κ2) is 6.52. The Balaban J connectivity index is 1.63. The Morgan fingerprint density at radius 1 is 1.20 bits per heavy atom. The van der Waals surface area contributed by atoms with Gasteiger partial charge in [0.05, 0.1) is 1.37 Å². The molecule has 0 amide bonds. The van der Waals surface area contributed by atoms with E-state index in [1.165, 1.54) is 0 Å². The van der Waals surface area contributed by atoms with Gasteiger partial charge in [0.1, 0.15) is 16.5 Å². The smallest absolute Gasteiger partial charge is 0.183 e. The average Bonchev–Trinajstić information content (AvgIpc) is 2.91. The fraction of sp³-hybridized carbons (Fsp3) is 0.238. The standard InChI is InChI=1S/C21H20N2OS/c1-14-12-19(24)20-21(25-14)22-15(2)23(20)13-16-8-10-18(11-9-16)17-6-4-3-5-7-17/h3-11,14H,12-13H2,1-2H3/i6D. The van der Waals surface area contributed by atoms with Crippen molar-refractivity contribution >= 4 is 17.5 Å². The van der Waals surface area contributed by atoms with E-state index in [0.29, 0.717) is 24.3 Å². The Hall–Kier alpha value is -2.33. The van der Waals surface area contributed by atoms with Gasteiger partial charge in [-0.25, -0.2) is 4.98 Å². The zero-order chi connectivity index (χ0) is 18.3. The van der Waals surface area contributed by atoms with Gasteiger partial charge in [0, 0.05) is 18.2 Å². The number of Topliss-reactive ketones (excluding diaryl/α,β-unsaturated/α-hetero) is 1. The van der Waals surface area contributed by atoms with Crippen LogP contribution < -0.4 is 0 Å². The number of nitrogens with zero attached hydrogens (tertiary/aromatic N) is 2. The summed E-state index contributed by atoms with van der Waals surface area (Å²) < 4.78 is 10.1. The van der Waals surface area contributed by atoms with Gasteiger partial charge in [-0.2, -0.15) is 0 Å². The highest BCUT2D eigenvalue weighted by Gasteiger charge is 2.29. The van der Waals surface area contributed by atoms with E-state index in [4.69, 9.17) is 1.37 Å². The van der Waals surface area contributed by atoms with Crippen molar-refractivity contribution in [2.75, 3.05) is 0 Å². The van der Waals surface area contributed by atoms with Crippen LogP contribution in [0.4, 0.5) is 0 Å². The van der Waals surface area contributed by atoms with Crippen LogP contribution in [0, 0.1) is 6.92 Å². The monoisotopic (exact) mass is 349 g/mol. The van der Waals surface area contributed by atoms with Gasteiger partial charge in [0.25, 0.3) is 0 Å². The summed E-state index contributed by atoms with van der Waals surface area (Å²) in [7, 11) is 0. The number of aromatic nitrogens is 2. The largest absolute Gasteiger partial charge is 0.320 e. The van der Waals surface area contributed by atoms with Crippen LogP contribution in [0.5, 0.6) is 0 Å². The molecule has 4 rings (SSSR count). The maximum atomic E-state index is 12.5. The van der Waals surface area contributed by atoms with Gasteiger partial charge >= 0.3 is 0 Å². The molecule has 3 aromatic rings. The van der Waals surface area contributed by atoms with Crippen molar-refractivity contribution in [3.05, 3.63) is 71.7 Å². The summed E-state index contributed by atoms with van der Waals surface area (Å²) >= 11 is 1.69.